The van der Waals surface area contributed by atoms with Crippen molar-refractivity contribution in [2.45, 2.75) is 6.42 Å². The lowest BCUT2D eigenvalue weighted by atomic mass is 10.2. The van der Waals surface area contributed by atoms with Crippen LogP contribution in [-0.2, 0) is 11.2 Å². The molecule has 3 heterocycles. The monoisotopic (exact) mass is 333 g/mol. The van der Waals surface area contributed by atoms with Crippen molar-refractivity contribution in [3.8, 4) is 10.7 Å². The zero-order valence-electron chi connectivity index (χ0n) is 12.8. The van der Waals surface area contributed by atoms with Gasteiger partial charge in [-0.3, -0.25) is 19.7 Å². The van der Waals surface area contributed by atoms with Crippen LogP contribution in [0.15, 0.2) is 24.0 Å². The Bertz CT molecular complexity index is 640. The first-order valence-electron chi connectivity index (χ1n) is 7.58. The van der Waals surface area contributed by atoms with E-state index in [4.69, 9.17) is 5.11 Å². The van der Waals surface area contributed by atoms with Gasteiger partial charge in [-0.1, -0.05) is 0 Å². The molecular formula is C15H19N5O2S. The fraction of sp³-hybridized carbons (Fsp3) is 0.467. The molecule has 0 saturated carbocycles. The third-order valence-corrected chi connectivity index (χ3v) is 4.72. The van der Waals surface area contributed by atoms with E-state index in [9.17, 15) is 4.79 Å². The molecule has 0 spiro atoms. The van der Waals surface area contributed by atoms with Crippen molar-refractivity contribution in [1.82, 2.24) is 24.8 Å². The van der Waals surface area contributed by atoms with Crippen LogP contribution >= 0.6 is 11.3 Å². The lowest BCUT2D eigenvalue weighted by Crippen LogP contribution is -2.49. The van der Waals surface area contributed by atoms with E-state index < -0.39 is 0 Å². The molecule has 23 heavy (non-hydrogen) atoms. The Morgan fingerprint density at radius 2 is 2.09 bits per heavy atom. The molecule has 2 aromatic rings. The number of carbonyl (C=O) groups excluding carboxylic acids is 1. The van der Waals surface area contributed by atoms with Crippen LogP contribution in [0.25, 0.3) is 10.7 Å². The van der Waals surface area contributed by atoms with Gasteiger partial charge in [0.15, 0.2) is 0 Å². The van der Waals surface area contributed by atoms with Gasteiger partial charge in [-0.15, -0.1) is 11.3 Å². The van der Waals surface area contributed by atoms with Crippen LogP contribution < -0.4 is 0 Å². The molecule has 0 unspecified atom stereocenters. The molecule has 122 valence electrons. The SMILES string of the molecule is O=C(Cc1csc(-c2cnccn2)n1)N1CCN(CCO)CC1. The molecule has 1 N–H and O–H groups in total. The molecule has 8 heteroatoms. The molecule has 1 aliphatic rings. The van der Waals surface area contributed by atoms with Crippen molar-refractivity contribution in [1.29, 1.82) is 0 Å². The Hall–Kier alpha value is -1.90. The molecule has 1 saturated heterocycles. The summed E-state index contributed by atoms with van der Waals surface area (Å²) in [6.07, 6.45) is 5.24. The third-order valence-electron chi connectivity index (χ3n) is 3.81. The first-order valence-corrected chi connectivity index (χ1v) is 8.46. The van der Waals surface area contributed by atoms with Gasteiger partial charge in [-0.25, -0.2) is 4.98 Å². The predicted molar refractivity (Wildman–Crippen MR) is 86.9 cm³/mol. The second kappa shape index (κ2) is 7.58. The van der Waals surface area contributed by atoms with Crippen LogP contribution in [0, 0.1) is 0 Å². The van der Waals surface area contributed by atoms with Gasteiger partial charge in [0.05, 0.1) is 24.9 Å². The lowest BCUT2D eigenvalue weighted by molar-refractivity contribution is -0.132. The minimum atomic E-state index is 0.102. The first-order chi connectivity index (χ1) is 11.3. The van der Waals surface area contributed by atoms with E-state index in [1.165, 1.54) is 11.3 Å². The Balaban J connectivity index is 1.56. The Morgan fingerprint density at radius 1 is 1.26 bits per heavy atom. The van der Waals surface area contributed by atoms with Crippen molar-refractivity contribution in [3.05, 3.63) is 29.7 Å². The van der Waals surface area contributed by atoms with Crippen molar-refractivity contribution in [2.24, 2.45) is 0 Å². The van der Waals surface area contributed by atoms with Crippen LogP contribution in [0.2, 0.25) is 0 Å². The number of nitrogens with zero attached hydrogens (tertiary/aromatic N) is 5. The smallest absolute Gasteiger partial charge is 0.228 e. The highest BCUT2D eigenvalue weighted by Gasteiger charge is 2.21. The number of rotatable bonds is 5. The maximum atomic E-state index is 12.4. The second-order valence-electron chi connectivity index (χ2n) is 5.36. The number of aliphatic hydroxyl groups excluding tert-OH is 1. The van der Waals surface area contributed by atoms with Crippen LogP contribution in [0.1, 0.15) is 5.69 Å². The van der Waals surface area contributed by atoms with Gasteiger partial charge >= 0.3 is 0 Å². The van der Waals surface area contributed by atoms with Gasteiger partial charge in [0.2, 0.25) is 5.91 Å². The number of carbonyl (C=O) groups is 1. The van der Waals surface area contributed by atoms with E-state index >= 15 is 0 Å². The van der Waals surface area contributed by atoms with Gasteiger partial charge in [0.1, 0.15) is 10.7 Å². The molecule has 1 amide bonds. The van der Waals surface area contributed by atoms with E-state index in [-0.39, 0.29) is 12.5 Å². The summed E-state index contributed by atoms with van der Waals surface area (Å²) in [6, 6.07) is 0. The number of aliphatic hydroxyl groups is 1. The molecule has 3 rings (SSSR count). The van der Waals surface area contributed by atoms with Crippen LogP contribution in [0.3, 0.4) is 0 Å². The molecule has 2 aromatic heterocycles. The summed E-state index contributed by atoms with van der Waals surface area (Å²) in [5.41, 5.74) is 1.51. The molecule has 1 aliphatic heterocycles. The summed E-state index contributed by atoms with van der Waals surface area (Å²) in [7, 11) is 0. The normalized spacial score (nSPS) is 15.8. The van der Waals surface area contributed by atoms with Crippen molar-refractivity contribution < 1.29 is 9.90 Å². The topological polar surface area (TPSA) is 82.5 Å². The maximum absolute atomic E-state index is 12.4. The van der Waals surface area contributed by atoms with Crippen molar-refractivity contribution in [2.75, 3.05) is 39.3 Å². The molecule has 0 bridgehead atoms. The van der Waals surface area contributed by atoms with Crippen molar-refractivity contribution in [3.63, 3.8) is 0 Å². The maximum Gasteiger partial charge on any atom is 0.228 e. The van der Waals surface area contributed by atoms with Crippen molar-refractivity contribution >= 4 is 17.2 Å². The minimum Gasteiger partial charge on any atom is -0.395 e. The number of hydrogen-bond donors (Lipinski definition) is 1. The van der Waals surface area contributed by atoms with Crippen LogP contribution in [0.5, 0.6) is 0 Å². The first kappa shape index (κ1) is 16.0. The molecule has 0 aliphatic carbocycles. The zero-order chi connectivity index (χ0) is 16.1. The number of piperazine rings is 1. The highest BCUT2D eigenvalue weighted by molar-refractivity contribution is 7.13. The highest BCUT2D eigenvalue weighted by atomic mass is 32.1. The predicted octanol–water partition coefficient (Wildman–Crippen LogP) is 0.279. The van der Waals surface area contributed by atoms with E-state index in [0.29, 0.717) is 26.1 Å². The number of aromatic nitrogens is 3. The Kier molecular flexibility index (Phi) is 5.27. The van der Waals surface area contributed by atoms with E-state index in [0.717, 1.165) is 29.5 Å². The molecule has 0 atom stereocenters. The van der Waals surface area contributed by atoms with Gasteiger partial charge in [0, 0.05) is 50.5 Å². The summed E-state index contributed by atoms with van der Waals surface area (Å²) in [5.74, 6) is 0.102. The van der Waals surface area contributed by atoms with Gasteiger partial charge in [-0.2, -0.15) is 0 Å². The van der Waals surface area contributed by atoms with Gasteiger partial charge in [0.25, 0.3) is 0 Å². The molecular weight excluding hydrogens is 314 g/mol. The molecule has 0 aromatic carbocycles. The summed E-state index contributed by atoms with van der Waals surface area (Å²) in [4.78, 5) is 29.1. The average Bonchev–Trinajstić information content (AvgIpc) is 3.05. The molecule has 1 fully saturated rings. The average molecular weight is 333 g/mol. The van der Waals surface area contributed by atoms with Crippen LogP contribution in [0.4, 0.5) is 0 Å². The second-order valence-corrected chi connectivity index (χ2v) is 6.22. The largest absolute Gasteiger partial charge is 0.395 e. The number of amides is 1. The summed E-state index contributed by atoms with van der Waals surface area (Å²) in [6.45, 7) is 3.88. The standard InChI is InChI=1S/C15H19N5O2S/c21-8-7-19-3-5-20(6-4-19)14(22)9-12-11-23-15(18-12)13-10-16-1-2-17-13/h1-2,10-11,21H,3-9H2. The lowest BCUT2D eigenvalue weighted by Gasteiger charge is -2.34. The molecule has 0 radical (unpaired) electrons. The Labute approximate surface area is 138 Å². The Morgan fingerprint density at radius 3 is 2.78 bits per heavy atom. The van der Waals surface area contributed by atoms with Crippen LogP contribution in [-0.4, -0.2) is 75.1 Å². The zero-order valence-corrected chi connectivity index (χ0v) is 13.6. The summed E-state index contributed by atoms with van der Waals surface area (Å²) >= 11 is 1.48. The number of hydrogen-bond acceptors (Lipinski definition) is 7. The number of thiazole rings is 1. The summed E-state index contributed by atoms with van der Waals surface area (Å²) in [5, 5.41) is 11.6. The van der Waals surface area contributed by atoms with E-state index in [1.807, 2.05) is 10.3 Å². The fourth-order valence-corrected chi connectivity index (χ4v) is 3.32. The van der Waals surface area contributed by atoms with Gasteiger partial charge < -0.3 is 10.0 Å². The highest BCUT2D eigenvalue weighted by Crippen LogP contribution is 2.21. The van der Waals surface area contributed by atoms with E-state index in [2.05, 4.69) is 19.9 Å². The summed E-state index contributed by atoms with van der Waals surface area (Å²) < 4.78 is 0. The fourth-order valence-electron chi connectivity index (χ4n) is 2.54. The molecule has 7 nitrogen and oxygen atoms in total. The number of β-amino-alcohol motifs (C(OH)–C–C–N with tert-alkyl or cyclic N) is 1. The quantitative estimate of drug-likeness (QED) is 0.846. The third kappa shape index (κ3) is 4.10. The minimum absolute atomic E-state index is 0.102. The van der Waals surface area contributed by atoms with Gasteiger partial charge in [-0.05, 0) is 0 Å². The van der Waals surface area contributed by atoms with E-state index in [1.54, 1.807) is 18.6 Å².